The van der Waals surface area contributed by atoms with E-state index in [0.717, 1.165) is 25.3 Å². The Kier molecular flexibility index (Phi) is 3.99. The van der Waals surface area contributed by atoms with Crippen LogP contribution in [0.15, 0.2) is 20.0 Å². The van der Waals surface area contributed by atoms with Crippen LogP contribution in [-0.2, 0) is 9.05 Å². The summed E-state index contributed by atoms with van der Waals surface area (Å²) in [7, 11) is 1.28. The molecule has 1 N–H and O–H groups in total. The number of furan rings is 1. The SMILES string of the molecule is CCC1(CNC(=O)c2cc(S(=O)(=O)Cl)c(Br)o2)CC1. The van der Waals surface area contributed by atoms with Crippen LogP contribution in [0, 0.1) is 5.41 Å². The molecule has 0 spiro atoms. The fraction of sp³-hybridized carbons (Fsp3) is 0.545. The van der Waals surface area contributed by atoms with Gasteiger partial charge in [0.15, 0.2) is 10.4 Å². The second-order valence-electron chi connectivity index (χ2n) is 4.72. The van der Waals surface area contributed by atoms with Crippen LogP contribution in [0.4, 0.5) is 0 Å². The molecule has 106 valence electrons. The van der Waals surface area contributed by atoms with Crippen LogP contribution in [0.2, 0.25) is 0 Å². The first-order valence-electron chi connectivity index (χ1n) is 5.80. The van der Waals surface area contributed by atoms with E-state index in [1.807, 2.05) is 0 Å². The van der Waals surface area contributed by atoms with E-state index in [1.54, 1.807) is 0 Å². The Morgan fingerprint density at radius 3 is 2.63 bits per heavy atom. The summed E-state index contributed by atoms with van der Waals surface area (Å²) in [6.07, 6.45) is 3.22. The maximum atomic E-state index is 11.9. The van der Waals surface area contributed by atoms with Crippen molar-refractivity contribution in [1.82, 2.24) is 5.32 Å². The lowest BCUT2D eigenvalue weighted by Crippen LogP contribution is -2.29. The molecule has 1 aromatic rings. The fourth-order valence-electron chi connectivity index (χ4n) is 1.82. The topological polar surface area (TPSA) is 76.4 Å². The summed E-state index contributed by atoms with van der Waals surface area (Å²) in [6, 6.07) is 1.12. The van der Waals surface area contributed by atoms with Crippen LogP contribution < -0.4 is 5.32 Å². The predicted molar refractivity (Wildman–Crippen MR) is 73.7 cm³/mol. The number of carbonyl (C=O) groups excluding carboxylic acids is 1. The number of hydrogen-bond donors (Lipinski definition) is 1. The van der Waals surface area contributed by atoms with Gasteiger partial charge < -0.3 is 9.73 Å². The zero-order valence-electron chi connectivity index (χ0n) is 10.2. The zero-order chi connectivity index (χ0) is 14.3. The van der Waals surface area contributed by atoms with Crippen molar-refractivity contribution >= 4 is 41.6 Å². The molecule has 0 atom stereocenters. The molecular formula is C11H13BrClNO4S. The minimum atomic E-state index is -3.93. The van der Waals surface area contributed by atoms with Crippen molar-refractivity contribution in [3.05, 3.63) is 16.5 Å². The molecule has 0 bridgehead atoms. The lowest BCUT2D eigenvalue weighted by atomic mass is 10.0. The summed E-state index contributed by atoms with van der Waals surface area (Å²) in [6.45, 7) is 2.66. The molecule has 1 aliphatic carbocycles. The van der Waals surface area contributed by atoms with Gasteiger partial charge in [0.05, 0.1) is 0 Å². The van der Waals surface area contributed by atoms with Crippen molar-refractivity contribution in [1.29, 1.82) is 0 Å². The molecule has 1 aromatic heterocycles. The molecule has 0 unspecified atom stereocenters. The maximum Gasteiger partial charge on any atom is 0.287 e. The third-order valence-corrected chi connectivity index (χ3v) is 5.65. The normalized spacial score (nSPS) is 17.2. The Bertz CT molecular complexity index is 606. The zero-order valence-corrected chi connectivity index (χ0v) is 13.4. The van der Waals surface area contributed by atoms with Gasteiger partial charge in [-0.1, -0.05) is 6.92 Å². The maximum absolute atomic E-state index is 11.9. The first-order valence-corrected chi connectivity index (χ1v) is 8.90. The number of nitrogens with one attached hydrogen (secondary N) is 1. The Morgan fingerprint density at radius 1 is 1.58 bits per heavy atom. The molecule has 0 saturated heterocycles. The average Bonchev–Trinajstić information content (AvgIpc) is 3.00. The van der Waals surface area contributed by atoms with Crippen molar-refractivity contribution in [2.24, 2.45) is 5.41 Å². The highest BCUT2D eigenvalue weighted by Gasteiger charge is 2.40. The monoisotopic (exact) mass is 369 g/mol. The Hall–Kier alpha value is -0.530. The van der Waals surface area contributed by atoms with Crippen molar-refractivity contribution in [3.63, 3.8) is 0 Å². The van der Waals surface area contributed by atoms with Crippen molar-refractivity contribution < 1.29 is 17.6 Å². The molecule has 5 nitrogen and oxygen atoms in total. The van der Waals surface area contributed by atoms with Crippen LogP contribution in [0.1, 0.15) is 36.7 Å². The molecular weight excluding hydrogens is 358 g/mol. The highest BCUT2D eigenvalue weighted by Crippen LogP contribution is 2.47. The highest BCUT2D eigenvalue weighted by atomic mass is 79.9. The summed E-state index contributed by atoms with van der Waals surface area (Å²) in [5, 5.41) is 2.75. The molecule has 8 heteroatoms. The molecule has 0 aliphatic heterocycles. The van der Waals surface area contributed by atoms with E-state index in [0.29, 0.717) is 6.54 Å². The largest absolute Gasteiger partial charge is 0.443 e. The molecule has 1 saturated carbocycles. The van der Waals surface area contributed by atoms with Crippen molar-refractivity contribution in [3.8, 4) is 0 Å². The predicted octanol–water partition coefficient (Wildman–Crippen LogP) is 2.89. The average molecular weight is 371 g/mol. The van der Waals surface area contributed by atoms with Gasteiger partial charge in [-0.15, -0.1) is 0 Å². The number of carbonyl (C=O) groups is 1. The van der Waals surface area contributed by atoms with E-state index in [4.69, 9.17) is 15.1 Å². The van der Waals surface area contributed by atoms with Gasteiger partial charge in [0, 0.05) is 23.3 Å². The first-order chi connectivity index (χ1) is 8.77. The Balaban J connectivity index is 2.08. The lowest BCUT2D eigenvalue weighted by Gasteiger charge is -2.12. The number of rotatable bonds is 5. The van der Waals surface area contributed by atoms with Crippen molar-refractivity contribution in [2.45, 2.75) is 31.1 Å². The van der Waals surface area contributed by atoms with E-state index in [1.165, 1.54) is 0 Å². The molecule has 1 fully saturated rings. The van der Waals surface area contributed by atoms with Gasteiger partial charge in [-0.05, 0) is 40.6 Å². The van der Waals surface area contributed by atoms with Crippen molar-refractivity contribution in [2.75, 3.05) is 6.54 Å². The number of amides is 1. The highest BCUT2D eigenvalue weighted by molar-refractivity contribution is 9.10. The Labute approximate surface area is 124 Å². The minimum absolute atomic E-state index is 0.0655. The van der Waals surface area contributed by atoms with Crippen LogP contribution in [0.3, 0.4) is 0 Å². The molecule has 2 rings (SSSR count). The van der Waals surface area contributed by atoms with Gasteiger partial charge in [0.1, 0.15) is 4.90 Å². The smallest absolute Gasteiger partial charge is 0.287 e. The van der Waals surface area contributed by atoms with E-state index in [9.17, 15) is 13.2 Å². The molecule has 1 heterocycles. The summed E-state index contributed by atoms with van der Waals surface area (Å²) >= 11 is 2.93. The summed E-state index contributed by atoms with van der Waals surface area (Å²) < 4.78 is 27.4. The molecule has 0 aromatic carbocycles. The van der Waals surface area contributed by atoms with Gasteiger partial charge in [-0.2, -0.15) is 0 Å². The van der Waals surface area contributed by atoms with Gasteiger partial charge in [-0.25, -0.2) is 8.42 Å². The first kappa shape index (κ1) is 14.9. The second kappa shape index (κ2) is 5.10. The van der Waals surface area contributed by atoms with E-state index >= 15 is 0 Å². The fourth-order valence-corrected chi connectivity index (χ4v) is 3.85. The van der Waals surface area contributed by atoms with Crippen LogP contribution in [-0.4, -0.2) is 20.9 Å². The van der Waals surface area contributed by atoms with Gasteiger partial charge in [0.2, 0.25) is 0 Å². The summed E-state index contributed by atoms with van der Waals surface area (Å²) in [5.74, 6) is -0.509. The van der Waals surface area contributed by atoms with Gasteiger partial charge >= 0.3 is 0 Å². The molecule has 19 heavy (non-hydrogen) atoms. The van der Waals surface area contributed by atoms with Crippen LogP contribution in [0.5, 0.6) is 0 Å². The molecule has 1 aliphatic rings. The lowest BCUT2D eigenvalue weighted by molar-refractivity contribution is 0.0915. The minimum Gasteiger partial charge on any atom is -0.443 e. The van der Waals surface area contributed by atoms with Crippen LogP contribution in [0.25, 0.3) is 0 Å². The van der Waals surface area contributed by atoms with Gasteiger partial charge in [0.25, 0.3) is 15.0 Å². The van der Waals surface area contributed by atoms with Gasteiger partial charge in [-0.3, -0.25) is 4.79 Å². The number of hydrogen-bond acceptors (Lipinski definition) is 4. The second-order valence-corrected chi connectivity index (χ2v) is 7.98. The van der Waals surface area contributed by atoms with E-state index in [-0.39, 0.29) is 20.7 Å². The number of halogens is 2. The standard InChI is InChI=1S/C11H13BrClNO4S/c1-2-11(3-4-11)6-14-10(15)7-5-8(9(12)18-7)19(13,16)17/h5H,2-4,6H2,1H3,(H,14,15). The third-order valence-electron chi connectivity index (χ3n) is 3.47. The van der Waals surface area contributed by atoms with Crippen LogP contribution >= 0.6 is 26.6 Å². The summed E-state index contributed by atoms with van der Waals surface area (Å²) in [4.78, 5) is 11.6. The quantitative estimate of drug-likeness (QED) is 0.809. The molecule has 0 radical (unpaired) electrons. The molecule has 1 amide bonds. The summed E-state index contributed by atoms with van der Waals surface area (Å²) in [5.41, 5.74) is 0.209. The Morgan fingerprint density at radius 2 is 2.21 bits per heavy atom. The third kappa shape index (κ3) is 3.32. The van der Waals surface area contributed by atoms with E-state index in [2.05, 4.69) is 28.2 Å². The van der Waals surface area contributed by atoms with E-state index < -0.39 is 15.0 Å².